The fourth-order valence-electron chi connectivity index (χ4n) is 2.71. The molecular formula is C17H24N2O5. The van der Waals surface area contributed by atoms with Crippen molar-refractivity contribution in [3.8, 4) is 5.75 Å². The topological polar surface area (TPSA) is 90.7 Å². The molecule has 0 spiro atoms. The van der Waals surface area contributed by atoms with E-state index in [-0.39, 0.29) is 17.8 Å². The quantitative estimate of drug-likeness (QED) is 0.654. The average Bonchev–Trinajstić information content (AvgIpc) is 2.91. The maximum atomic E-state index is 11.8. The predicted molar refractivity (Wildman–Crippen MR) is 89.1 cm³/mol. The first-order valence-corrected chi connectivity index (χ1v) is 8.10. The number of hydrogen-bond donors (Lipinski definition) is 1. The van der Waals surface area contributed by atoms with Crippen LogP contribution in [0, 0.1) is 16.0 Å². The Bertz CT molecular complexity index is 580. The number of nitro groups is 1. The van der Waals surface area contributed by atoms with Crippen molar-refractivity contribution in [2.24, 2.45) is 5.92 Å². The number of nitrogens with zero attached hydrogens (tertiary/aromatic N) is 1. The first kappa shape index (κ1) is 18.0. The van der Waals surface area contributed by atoms with Gasteiger partial charge < -0.3 is 14.8 Å². The van der Waals surface area contributed by atoms with Crippen LogP contribution in [-0.4, -0.2) is 29.3 Å². The Morgan fingerprint density at radius 3 is 2.54 bits per heavy atom. The highest BCUT2D eigenvalue weighted by Gasteiger charge is 2.28. The SMILES string of the molecule is CC(C)(C)OC(=O)N[C@H]1CC[C@@H](COc2ccc([N+](=O)[O-])cc2)C1. The molecule has 1 aromatic rings. The number of nitro benzene ring substituents is 1. The van der Waals surface area contributed by atoms with Crippen LogP contribution in [0.2, 0.25) is 0 Å². The lowest BCUT2D eigenvalue weighted by molar-refractivity contribution is -0.384. The Kier molecular flexibility index (Phi) is 5.64. The summed E-state index contributed by atoms with van der Waals surface area (Å²) in [6.07, 6.45) is 2.32. The third-order valence-electron chi connectivity index (χ3n) is 3.80. The van der Waals surface area contributed by atoms with Gasteiger partial charge in [-0.2, -0.15) is 0 Å². The molecule has 1 N–H and O–H groups in total. The van der Waals surface area contributed by atoms with Crippen LogP contribution in [0.4, 0.5) is 10.5 Å². The summed E-state index contributed by atoms with van der Waals surface area (Å²) in [6.45, 7) is 6.04. The van der Waals surface area contributed by atoms with Gasteiger partial charge in [0.1, 0.15) is 11.4 Å². The highest BCUT2D eigenvalue weighted by Crippen LogP contribution is 2.27. The van der Waals surface area contributed by atoms with Crippen molar-refractivity contribution in [1.82, 2.24) is 5.32 Å². The molecule has 7 nitrogen and oxygen atoms in total. The summed E-state index contributed by atoms with van der Waals surface area (Å²) >= 11 is 0. The zero-order valence-electron chi connectivity index (χ0n) is 14.3. The number of benzene rings is 1. The van der Waals surface area contributed by atoms with Crippen LogP contribution in [0.25, 0.3) is 0 Å². The summed E-state index contributed by atoms with van der Waals surface area (Å²) in [5.41, 5.74) is -0.453. The molecule has 1 aliphatic rings. The molecule has 0 radical (unpaired) electrons. The van der Waals surface area contributed by atoms with Gasteiger partial charge in [-0.15, -0.1) is 0 Å². The normalized spacial score (nSPS) is 20.5. The van der Waals surface area contributed by atoms with E-state index in [4.69, 9.17) is 9.47 Å². The summed E-state index contributed by atoms with van der Waals surface area (Å²) in [7, 11) is 0. The number of carbonyl (C=O) groups excluding carboxylic acids is 1. The van der Waals surface area contributed by atoms with E-state index in [0.29, 0.717) is 18.3 Å². The van der Waals surface area contributed by atoms with Gasteiger partial charge in [0.05, 0.1) is 11.5 Å². The van der Waals surface area contributed by atoms with Crippen LogP contribution < -0.4 is 10.1 Å². The largest absolute Gasteiger partial charge is 0.493 e. The standard InChI is InChI=1S/C17H24N2O5/c1-17(2,3)24-16(20)18-13-5-4-12(10-13)11-23-15-8-6-14(7-9-15)19(21)22/h6-9,12-13H,4-5,10-11H2,1-3H3,(H,18,20)/t12-,13+/m1/s1. The minimum atomic E-state index is -0.499. The van der Waals surface area contributed by atoms with E-state index >= 15 is 0 Å². The molecule has 1 aliphatic carbocycles. The Morgan fingerprint density at radius 1 is 1.29 bits per heavy atom. The first-order valence-electron chi connectivity index (χ1n) is 8.10. The van der Waals surface area contributed by atoms with Gasteiger partial charge in [-0.3, -0.25) is 10.1 Å². The molecule has 0 aromatic heterocycles. The number of hydrogen-bond acceptors (Lipinski definition) is 5. The highest BCUT2D eigenvalue weighted by atomic mass is 16.6. The minimum absolute atomic E-state index is 0.0461. The van der Waals surface area contributed by atoms with Gasteiger partial charge in [0, 0.05) is 18.2 Å². The molecule has 1 saturated carbocycles. The summed E-state index contributed by atoms with van der Waals surface area (Å²) in [5, 5.41) is 13.5. The van der Waals surface area contributed by atoms with Crippen LogP contribution in [0.15, 0.2) is 24.3 Å². The van der Waals surface area contributed by atoms with E-state index in [0.717, 1.165) is 19.3 Å². The number of ether oxygens (including phenoxy) is 2. The Morgan fingerprint density at radius 2 is 1.96 bits per heavy atom. The van der Waals surface area contributed by atoms with E-state index < -0.39 is 10.5 Å². The molecule has 0 saturated heterocycles. The van der Waals surface area contributed by atoms with Gasteiger partial charge in [0.2, 0.25) is 0 Å². The lowest BCUT2D eigenvalue weighted by Gasteiger charge is -2.21. The zero-order chi connectivity index (χ0) is 17.7. The van der Waals surface area contributed by atoms with E-state index in [1.807, 2.05) is 20.8 Å². The second kappa shape index (κ2) is 7.51. The molecule has 2 atom stereocenters. The van der Waals surface area contributed by atoms with Crippen LogP contribution >= 0.6 is 0 Å². The number of nitrogens with one attached hydrogen (secondary N) is 1. The van der Waals surface area contributed by atoms with Gasteiger partial charge in [0.25, 0.3) is 5.69 Å². The number of alkyl carbamates (subject to hydrolysis) is 1. The molecule has 24 heavy (non-hydrogen) atoms. The van der Waals surface area contributed by atoms with Crippen LogP contribution in [0.3, 0.4) is 0 Å². The average molecular weight is 336 g/mol. The second-order valence-electron chi connectivity index (χ2n) is 7.08. The smallest absolute Gasteiger partial charge is 0.407 e. The Hall–Kier alpha value is -2.31. The molecule has 0 bridgehead atoms. The van der Waals surface area contributed by atoms with Crippen molar-refractivity contribution in [2.75, 3.05) is 6.61 Å². The molecule has 0 unspecified atom stereocenters. The number of non-ortho nitro benzene ring substituents is 1. The predicted octanol–water partition coefficient (Wildman–Crippen LogP) is 3.67. The highest BCUT2D eigenvalue weighted by molar-refractivity contribution is 5.68. The van der Waals surface area contributed by atoms with Crippen molar-refractivity contribution >= 4 is 11.8 Å². The van der Waals surface area contributed by atoms with E-state index in [9.17, 15) is 14.9 Å². The zero-order valence-corrected chi connectivity index (χ0v) is 14.3. The fourth-order valence-corrected chi connectivity index (χ4v) is 2.71. The molecule has 0 heterocycles. The minimum Gasteiger partial charge on any atom is -0.493 e. The number of amides is 1. The van der Waals surface area contributed by atoms with Gasteiger partial charge in [-0.25, -0.2) is 4.79 Å². The lowest BCUT2D eigenvalue weighted by Crippen LogP contribution is -2.38. The van der Waals surface area contributed by atoms with Crippen LogP contribution in [0.5, 0.6) is 5.75 Å². The van der Waals surface area contributed by atoms with Gasteiger partial charge in [-0.05, 0) is 58.1 Å². The molecule has 0 aliphatic heterocycles. The molecule has 7 heteroatoms. The van der Waals surface area contributed by atoms with Crippen LogP contribution in [0.1, 0.15) is 40.0 Å². The number of carbonyl (C=O) groups is 1. The summed E-state index contributed by atoms with van der Waals surface area (Å²) < 4.78 is 11.0. The van der Waals surface area contributed by atoms with Gasteiger partial charge in [0.15, 0.2) is 0 Å². The summed E-state index contributed by atoms with van der Waals surface area (Å²) in [5.74, 6) is 0.962. The fraction of sp³-hybridized carbons (Fsp3) is 0.588. The molecule has 1 fully saturated rings. The molecule has 1 aromatic carbocycles. The Labute approximate surface area is 141 Å². The monoisotopic (exact) mass is 336 g/mol. The van der Waals surface area contributed by atoms with E-state index in [1.165, 1.54) is 12.1 Å². The maximum absolute atomic E-state index is 11.8. The van der Waals surface area contributed by atoms with Crippen molar-refractivity contribution in [3.63, 3.8) is 0 Å². The Balaban J connectivity index is 1.74. The van der Waals surface area contributed by atoms with Crippen molar-refractivity contribution < 1.29 is 19.2 Å². The second-order valence-corrected chi connectivity index (χ2v) is 7.08. The summed E-state index contributed by atoms with van der Waals surface area (Å²) in [6, 6.07) is 6.16. The molecule has 1 amide bonds. The summed E-state index contributed by atoms with van der Waals surface area (Å²) in [4.78, 5) is 21.9. The molecule has 2 rings (SSSR count). The van der Waals surface area contributed by atoms with E-state index in [2.05, 4.69) is 5.32 Å². The molecule has 132 valence electrons. The third kappa shape index (κ3) is 5.72. The van der Waals surface area contributed by atoms with E-state index in [1.54, 1.807) is 12.1 Å². The van der Waals surface area contributed by atoms with Crippen molar-refractivity contribution in [2.45, 2.75) is 51.7 Å². The number of rotatable bonds is 5. The van der Waals surface area contributed by atoms with Gasteiger partial charge in [-0.1, -0.05) is 0 Å². The van der Waals surface area contributed by atoms with Crippen molar-refractivity contribution in [3.05, 3.63) is 34.4 Å². The van der Waals surface area contributed by atoms with Crippen molar-refractivity contribution in [1.29, 1.82) is 0 Å². The first-order chi connectivity index (χ1) is 11.2. The third-order valence-corrected chi connectivity index (χ3v) is 3.80. The maximum Gasteiger partial charge on any atom is 0.407 e. The lowest BCUT2D eigenvalue weighted by atomic mass is 10.1. The van der Waals surface area contributed by atoms with Crippen LogP contribution in [-0.2, 0) is 4.74 Å². The van der Waals surface area contributed by atoms with Gasteiger partial charge >= 0.3 is 6.09 Å². The molecular weight excluding hydrogens is 312 g/mol.